The maximum atomic E-state index is 12.2. The molecule has 114 valence electrons. The van der Waals surface area contributed by atoms with Crippen LogP contribution in [0.5, 0.6) is 0 Å². The molecular formula is C15H25NO3S. The van der Waals surface area contributed by atoms with E-state index in [0.29, 0.717) is 11.4 Å². The van der Waals surface area contributed by atoms with Crippen molar-refractivity contribution in [2.24, 2.45) is 11.7 Å². The van der Waals surface area contributed by atoms with Crippen molar-refractivity contribution < 1.29 is 13.5 Å². The van der Waals surface area contributed by atoms with E-state index < -0.39 is 15.1 Å². The molecule has 1 aromatic rings. The van der Waals surface area contributed by atoms with Gasteiger partial charge < -0.3 is 10.8 Å². The summed E-state index contributed by atoms with van der Waals surface area (Å²) in [5.74, 6) is 0.216. The largest absolute Gasteiger partial charge is 0.396 e. The molecule has 0 aromatic heterocycles. The van der Waals surface area contributed by atoms with Gasteiger partial charge >= 0.3 is 0 Å². The van der Waals surface area contributed by atoms with E-state index in [1.165, 1.54) is 0 Å². The molecule has 20 heavy (non-hydrogen) atoms. The van der Waals surface area contributed by atoms with Gasteiger partial charge in [0.15, 0.2) is 9.84 Å². The average molecular weight is 299 g/mol. The first kappa shape index (κ1) is 17.1. The quantitative estimate of drug-likeness (QED) is 0.806. The van der Waals surface area contributed by atoms with E-state index in [2.05, 4.69) is 0 Å². The van der Waals surface area contributed by atoms with E-state index in [1.807, 2.05) is 13.0 Å². The second-order valence-corrected chi connectivity index (χ2v) is 8.09. The molecule has 0 saturated carbocycles. The van der Waals surface area contributed by atoms with E-state index in [4.69, 9.17) is 5.73 Å². The number of aliphatic hydroxyl groups is 1. The predicted molar refractivity (Wildman–Crippen MR) is 81.4 cm³/mol. The minimum Gasteiger partial charge on any atom is -0.396 e. The minimum absolute atomic E-state index is 0.0513. The summed E-state index contributed by atoms with van der Waals surface area (Å²) in [5, 5.41) is 8.77. The van der Waals surface area contributed by atoms with Crippen molar-refractivity contribution >= 4 is 9.84 Å². The Bertz CT molecular complexity index is 522. The third kappa shape index (κ3) is 4.04. The van der Waals surface area contributed by atoms with Crippen molar-refractivity contribution in [1.29, 1.82) is 0 Å². The zero-order chi connectivity index (χ0) is 15.3. The molecule has 0 aliphatic heterocycles. The van der Waals surface area contributed by atoms with Crippen LogP contribution in [-0.4, -0.2) is 31.9 Å². The third-order valence-corrected chi connectivity index (χ3v) is 5.81. The summed E-state index contributed by atoms with van der Waals surface area (Å²) in [4.78, 5) is 0.366. The van der Waals surface area contributed by atoms with Crippen LogP contribution in [0.2, 0.25) is 0 Å². The fraction of sp³-hybridized carbons (Fsp3) is 0.600. The molecular weight excluding hydrogens is 274 g/mol. The summed E-state index contributed by atoms with van der Waals surface area (Å²) in [6.07, 6.45) is 0.748. The Balaban J connectivity index is 2.99. The van der Waals surface area contributed by atoms with E-state index in [0.717, 1.165) is 12.0 Å². The molecule has 0 fully saturated rings. The number of nitrogens with two attached hydrogens (primary N) is 1. The van der Waals surface area contributed by atoms with E-state index in [-0.39, 0.29) is 18.4 Å². The van der Waals surface area contributed by atoms with Crippen LogP contribution in [-0.2, 0) is 9.84 Å². The SMILES string of the molecule is CC(CC(CN)CO)c1cccc(S(=O)(=O)C(C)C)c1. The van der Waals surface area contributed by atoms with Crippen LogP contribution in [0.3, 0.4) is 0 Å². The third-order valence-electron chi connectivity index (χ3n) is 3.65. The van der Waals surface area contributed by atoms with Crippen molar-refractivity contribution in [1.82, 2.24) is 0 Å². The van der Waals surface area contributed by atoms with Gasteiger partial charge in [0.25, 0.3) is 0 Å². The molecule has 4 nitrogen and oxygen atoms in total. The molecule has 0 amide bonds. The fourth-order valence-corrected chi connectivity index (χ4v) is 3.26. The summed E-state index contributed by atoms with van der Waals surface area (Å²) in [5.41, 5.74) is 6.56. The zero-order valence-electron chi connectivity index (χ0n) is 12.4. The average Bonchev–Trinajstić information content (AvgIpc) is 2.44. The summed E-state index contributed by atoms with van der Waals surface area (Å²) >= 11 is 0. The van der Waals surface area contributed by atoms with Gasteiger partial charge in [-0.25, -0.2) is 8.42 Å². The number of hydrogen-bond acceptors (Lipinski definition) is 4. The van der Waals surface area contributed by atoms with Gasteiger partial charge in [0.05, 0.1) is 10.1 Å². The van der Waals surface area contributed by atoms with Gasteiger partial charge in [-0.3, -0.25) is 0 Å². The van der Waals surface area contributed by atoms with Gasteiger partial charge in [-0.2, -0.15) is 0 Å². The summed E-state index contributed by atoms with van der Waals surface area (Å²) in [7, 11) is -3.25. The van der Waals surface area contributed by atoms with Gasteiger partial charge in [-0.05, 0) is 56.3 Å². The number of hydrogen-bond donors (Lipinski definition) is 2. The Morgan fingerprint density at radius 2 is 1.90 bits per heavy atom. The molecule has 0 bridgehead atoms. The molecule has 0 aliphatic carbocycles. The Morgan fingerprint density at radius 1 is 1.25 bits per heavy atom. The van der Waals surface area contributed by atoms with Crippen molar-refractivity contribution in [2.45, 2.75) is 43.3 Å². The van der Waals surface area contributed by atoms with Gasteiger partial charge in [0, 0.05) is 6.61 Å². The Hall–Kier alpha value is -0.910. The number of rotatable bonds is 7. The molecule has 1 aromatic carbocycles. The lowest BCUT2D eigenvalue weighted by Gasteiger charge is -2.19. The maximum Gasteiger partial charge on any atom is 0.180 e. The van der Waals surface area contributed by atoms with Gasteiger partial charge in [0.1, 0.15) is 0 Å². The van der Waals surface area contributed by atoms with E-state index in [1.54, 1.807) is 32.0 Å². The number of benzene rings is 1. The fourth-order valence-electron chi connectivity index (χ4n) is 2.15. The first-order valence-corrected chi connectivity index (χ1v) is 8.52. The highest BCUT2D eigenvalue weighted by atomic mass is 32.2. The first-order valence-electron chi connectivity index (χ1n) is 6.97. The summed E-state index contributed by atoms with van der Waals surface area (Å²) < 4.78 is 24.4. The standard InChI is InChI=1S/C15H25NO3S/c1-11(2)20(18,19)15-6-4-5-14(8-15)12(3)7-13(9-16)10-17/h4-6,8,11-13,17H,7,9-10,16H2,1-3H3. The highest BCUT2D eigenvalue weighted by Gasteiger charge is 2.20. The monoisotopic (exact) mass is 299 g/mol. The Labute approximate surface area is 121 Å². The second kappa shape index (κ2) is 7.20. The summed E-state index contributed by atoms with van der Waals surface area (Å²) in [6.45, 7) is 5.89. The van der Waals surface area contributed by atoms with Gasteiger partial charge in [-0.15, -0.1) is 0 Å². The second-order valence-electron chi connectivity index (χ2n) is 5.59. The van der Waals surface area contributed by atoms with Crippen molar-refractivity contribution in [3.8, 4) is 0 Å². The van der Waals surface area contributed by atoms with Crippen LogP contribution in [0.4, 0.5) is 0 Å². The predicted octanol–water partition coefficient (Wildman–Crippen LogP) is 1.93. The van der Waals surface area contributed by atoms with Crippen LogP contribution in [0.15, 0.2) is 29.2 Å². The lowest BCUT2D eigenvalue weighted by atomic mass is 9.91. The zero-order valence-corrected chi connectivity index (χ0v) is 13.2. The molecule has 0 heterocycles. The highest BCUT2D eigenvalue weighted by Crippen LogP contribution is 2.26. The summed E-state index contributed by atoms with van der Waals surface area (Å²) in [6, 6.07) is 7.08. The van der Waals surface area contributed by atoms with Crippen molar-refractivity contribution in [3.05, 3.63) is 29.8 Å². The highest BCUT2D eigenvalue weighted by molar-refractivity contribution is 7.92. The van der Waals surface area contributed by atoms with E-state index >= 15 is 0 Å². The lowest BCUT2D eigenvalue weighted by molar-refractivity contribution is 0.217. The molecule has 0 radical (unpaired) electrons. The van der Waals surface area contributed by atoms with Crippen molar-refractivity contribution in [3.63, 3.8) is 0 Å². The molecule has 0 saturated heterocycles. The van der Waals surface area contributed by atoms with Crippen LogP contribution in [0.1, 0.15) is 38.7 Å². The topological polar surface area (TPSA) is 80.4 Å². The minimum atomic E-state index is -3.25. The normalized spacial score (nSPS) is 15.3. The van der Waals surface area contributed by atoms with Crippen LogP contribution in [0.25, 0.3) is 0 Å². The Morgan fingerprint density at radius 3 is 2.40 bits per heavy atom. The first-order chi connectivity index (χ1) is 9.32. The van der Waals surface area contributed by atoms with Crippen LogP contribution >= 0.6 is 0 Å². The molecule has 5 heteroatoms. The van der Waals surface area contributed by atoms with Crippen LogP contribution in [0, 0.1) is 5.92 Å². The van der Waals surface area contributed by atoms with Crippen LogP contribution < -0.4 is 5.73 Å². The van der Waals surface area contributed by atoms with Crippen molar-refractivity contribution in [2.75, 3.05) is 13.2 Å². The molecule has 2 unspecified atom stereocenters. The molecule has 2 atom stereocenters. The number of sulfone groups is 1. The Kier molecular flexibility index (Phi) is 6.17. The molecule has 0 spiro atoms. The molecule has 1 rings (SSSR count). The molecule has 0 aliphatic rings. The maximum absolute atomic E-state index is 12.2. The van der Waals surface area contributed by atoms with E-state index in [9.17, 15) is 13.5 Å². The molecule has 3 N–H and O–H groups in total. The van der Waals surface area contributed by atoms with Gasteiger partial charge in [0.2, 0.25) is 0 Å². The smallest absolute Gasteiger partial charge is 0.180 e. The van der Waals surface area contributed by atoms with Gasteiger partial charge in [-0.1, -0.05) is 19.1 Å². The lowest BCUT2D eigenvalue weighted by Crippen LogP contribution is -2.20. The number of aliphatic hydroxyl groups excluding tert-OH is 1.